The van der Waals surface area contributed by atoms with Crippen molar-refractivity contribution in [2.24, 2.45) is 5.41 Å². The Labute approximate surface area is 71.7 Å². The predicted octanol–water partition coefficient (Wildman–Crippen LogP) is 3.68. The first-order valence-electron chi connectivity index (χ1n) is 4.47. The van der Waals surface area contributed by atoms with Gasteiger partial charge in [-0.2, -0.15) is 0 Å². The summed E-state index contributed by atoms with van der Waals surface area (Å²) < 4.78 is 0. The highest BCUT2D eigenvalue weighted by Crippen LogP contribution is 2.43. The molecule has 0 amide bonds. The zero-order valence-corrected chi connectivity index (χ0v) is 9.33. The van der Waals surface area contributed by atoms with Crippen LogP contribution in [0.1, 0.15) is 20.3 Å². The quantitative estimate of drug-likeness (QED) is 0.382. The standard InChI is InChI=1S/C10H20Si/c1-9-6-10(2,3)8-11(4,5)7-9/h1,6-8H2,2-5H3. The van der Waals surface area contributed by atoms with Gasteiger partial charge in [0.05, 0.1) is 8.07 Å². The van der Waals surface area contributed by atoms with Gasteiger partial charge in [0.15, 0.2) is 0 Å². The van der Waals surface area contributed by atoms with Crippen molar-refractivity contribution in [3.63, 3.8) is 0 Å². The third kappa shape index (κ3) is 2.48. The predicted molar refractivity (Wildman–Crippen MR) is 54.6 cm³/mol. The van der Waals surface area contributed by atoms with Gasteiger partial charge in [-0.15, -0.1) is 6.58 Å². The molecule has 0 bridgehead atoms. The minimum Gasteiger partial charge on any atom is -0.100 e. The van der Waals surface area contributed by atoms with Gasteiger partial charge in [-0.1, -0.05) is 38.6 Å². The van der Waals surface area contributed by atoms with Gasteiger partial charge in [0, 0.05) is 0 Å². The molecule has 1 saturated heterocycles. The fourth-order valence-electron chi connectivity index (χ4n) is 2.84. The summed E-state index contributed by atoms with van der Waals surface area (Å²) in [5.41, 5.74) is 2.04. The maximum atomic E-state index is 4.14. The first kappa shape index (κ1) is 9.05. The van der Waals surface area contributed by atoms with E-state index in [0.29, 0.717) is 5.41 Å². The first-order chi connectivity index (χ1) is 4.81. The second-order valence-electron chi connectivity index (χ2n) is 5.61. The van der Waals surface area contributed by atoms with Crippen LogP contribution in [0.4, 0.5) is 0 Å². The van der Waals surface area contributed by atoms with E-state index in [1.54, 1.807) is 0 Å². The first-order valence-corrected chi connectivity index (χ1v) is 7.89. The molecule has 0 aromatic rings. The van der Waals surface area contributed by atoms with Crippen LogP contribution in [0.2, 0.25) is 25.2 Å². The smallest absolute Gasteiger partial charge is 0.0519 e. The van der Waals surface area contributed by atoms with E-state index in [0.717, 1.165) is 0 Å². The van der Waals surface area contributed by atoms with Gasteiger partial charge >= 0.3 is 0 Å². The van der Waals surface area contributed by atoms with E-state index in [1.165, 1.54) is 24.1 Å². The summed E-state index contributed by atoms with van der Waals surface area (Å²) in [7, 11) is -0.889. The summed E-state index contributed by atoms with van der Waals surface area (Å²) in [6.07, 6.45) is 1.25. The average Bonchev–Trinajstić information content (AvgIpc) is 1.49. The molecule has 0 atom stereocenters. The average molecular weight is 168 g/mol. The molecule has 64 valence electrons. The number of hydrogen-bond acceptors (Lipinski definition) is 0. The fraction of sp³-hybridized carbons (Fsp3) is 0.800. The Balaban J connectivity index is 2.74. The van der Waals surface area contributed by atoms with Crippen LogP contribution < -0.4 is 0 Å². The Morgan fingerprint density at radius 3 is 2.27 bits per heavy atom. The molecule has 0 spiro atoms. The second kappa shape index (κ2) is 2.48. The number of allylic oxidation sites excluding steroid dienone is 1. The van der Waals surface area contributed by atoms with Crippen molar-refractivity contribution in [2.75, 3.05) is 0 Å². The lowest BCUT2D eigenvalue weighted by Gasteiger charge is -2.40. The highest BCUT2D eigenvalue weighted by molar-refractivity contribution is 6.78. The molecule has 0 unspecified atom stereocenters. The van der Waals surface area contributed by atoms with Gasteiger partial charge in [0.25, 0.3) is 0 Å². The molecule has 0 radical (unpaired) electrons. The number of hydrogen-bond donors (Lipinski definition) is 0. The molecule has 0 aromatic carbocycles. The van der Waals surface area contributed by atoms with Crippen molar-refractivity contribution >= 4 is 8.07 Å². The van der Waals surface area contributed by atoms with Crippen LogP contribution in [0.15, 0.2) is 12.2 Å². The van der Waals surface area contributed by atoms with Crippen LogP contribution in [0, 0.1) is 5.41 Å². The highest BCUT2D eigenvalue weighted by atomic mass is 28.3. The fourth-order valence-corrected chi connectivity index (χ4v) is 7.16. The molecule has 1 heteroatoms. The van der Waals surface area contributed by atoms with E-state index >= 15 is 0 Å². The van der Waals surface area contributed by atoms with E-state index < -0.39 is 8.07 Å². The van der Waals surface area contributed by atoms with Gasteiger partial charge in [0.1, 0.15) is 0 Å². The summed E-state index contributed by atoms with van der Waals surface area (Å²) in [5.74, 6) is 0. The van der Waals surface area contributed by atoms with Gasteiger partial charge in [-0.25, -0.2) is 0 Å². The Kier molecular flexibility index (Phi) is 2.04. The topological polar surface area (TPSA) is 0 Å². The Morgan fingerprint density at radius 1 is 1.36 bits per heavy atom. The molecular formula is C10H20Si. The molecular weight excluding hydrogens is 148 g/mol. The summed E-state index contributed by atoms with van der Waals surface area (Å²) >= 11 is 0. The van der Waals surface area contributed by atoms with Gasteiger partial charge in [-0.3, -0.25) is 0 Å². The zero-order valence-electron chi connectivity index (χ0n) is 8.33. The van der Waals surface area contributed by atoms with E-state index in [1.807, 2.05) is 0 Å². The lowest BCUT2D eigenvalue weighted by atomic mass is 9.88. The van der Waals surface area contributed by atoms with Crippen LogP contribution >= 0.6 is 0 Å². The Morgan fingerprint density at radius 2 is 1.91 bits per heavy atom. The molecule has 1 rings (SSSR count). The zero-order chi connectivity index (χ0) is 8.70. The molecule has 0 aromatic heterocycles. The van der Waals surface area contributed by atoms with Crippen LogP contribution in [0.3, 0.4) is 0 Å². The molecule has 1 fully saturated rings. The van der Waals surface area contributed by atoms with E-state index in [-0.39, 0.29) is 0 Å². The minimum atomic E-state index is -0.889. The Hall–Kier alpha value is -0.0431. The molecule has 0 saturated carbocycles. The van der Waals surface area contributed by atoms with E-state index in [4.69, 9.17) is 0 Å². The largest absolute Gasteiger partial charge is 0.100 e. The van der Waals surface area contributed by atoms with Gasteiger partial charge in [0.2, 0.25) is 0 Å². The summed E-state index contributed by atoms with van der Waals surface area (Å²) in [6.45, 7) is 13.9. The van der Waals surface area contributed by atoms with Gasteiger partial charge in [-0.05, 0) is 17.9 Å². The maximum absolute atomic E-state index is 4.14. The van der Waals surface area contributed by atoms with Crippen LogP contribution in [0.5, 0.6) is 0 Å². The van der Waals surface area contributed by atoms with Crippen molar-refractivity contribution in [3.05, 3.63) is 12.2 Å². The van der Waals surface area contributed by atoms with Gasteiger partial charge < -0.3 is 0 Å². The van der Waals surface area contributed by atoms with Crippen molar-refractivity contribution in [1.29, 1.82) is 0 Å². The SMILES string of the molecule is C=C1CC(C)(C)C[Si](C)(C)C1. The second-order valence-corrected chi connectivity index (χ2v) is 10.6. The van der Waals surface area contributed by atoms with Crippen LogP contribution in [0.25, 0.3) is 0 Å². The molecule has 1 heterocycles. The number of rotatable bonds is 0. The Bertz CT molecular complexity index is 159. The normalized spacial score (nSPS) is 28.5. The maximum Gasteiger partial charge on any atom is 0.0519 e. The molecule has 0 nitrogen and oxygen atoms in total. The summed E-state index contributed by atoms with van der Waals surface area (Å²) in [4.78, 5) is 0. The van der Waals surface area contributed by atoms with Crippen molar-refractivity contribution in [3.8, 4) is 0 Å². The van der Waals surface area contributed by atoms with E-state index in [2.05, 4.69) is 33.5 Å². The van der Waals surface area contributed by atoms with E-state index in [9.17, 15) is 0 Å². The third-order valence-electron chi connectivity index (χ3n) is 2.41. The molecule has 1 aliphatic rings. The highest BCUT2D eigenvalue weighted by Gasteiger charge is 2.35. The molecule has 1 aliphatic heterocycles. The van der Waals surface area contributed by atoms with Crippen molar-refractivity contribution in [2.45, 2.75) is 45.5 Å². The van der Waals surface area contributed by atoms with Crippen LogP contribution in [-0.4, -0.2) is 8.07 Å². The third-order valence-corrected chi connectivity index (χ3v) is 5.79. The van der Waals surface area contributed by atoms with Crippen molar-refractivity contribution < 1.29 is 0 Å². The minimum absolute atomic E-state index is 0.547. The molecule has 0 aliphatic carbocycles. The molecule has 0 N–H and O–H groups in total. The summed E-state index contributed by atoms with van der Waals surface area (Å²) in [5, 5.41) is 0. The molecule has 11 heavy (non-hydrogen) atoms. The lowest BCUT2D eigenvalue weighted by molar-refractivity contribution is 0.391. The monoisotopic (exact) mass is 168 g/mol. The van der Waals surface area contributed by atoms with Crippen molar-refractivity contribution in [1.82, 2.24) is 0 Å². The summed E-state index contributed by atoms with van der Waals surface area (Å²) in [6, 6.07) is 2.83. The lowest BCUT2D eigenvalue weighted by Crippen LogP contribution is -2.37. The van der Waals surface area contributed by atoms with Crippen LogP contribution in [-0.2, 0) is 0 Å².